The first-order chi connectivity index (χ1) is 8.65. The summed E-state index contributed by atoms with van der Waals surface area (Å²) in [6, 6.07) is 4.32. The highest BCUT2D eigenvalue weighted by Gasteiger charge is 2.43. The molecule has 1 aliphatic rings. The van der Waals surface area contributed by atoms with E-state index in [-0.39, 0.29) is 11.5 Å². The van der Waals surface area contributed by atoms with Gasteiger partial charge in [-0.1, -0.05) is 5.16 Å². The van der Waals surface area contributed by atoms with Gasteiger partial charge in [-0.3, -0.25) is 4.98 Å². The van der Waals surface area contributed by atoms with Crippen molar-refractivity contribution in [3.63, 3.8) is 0 Å². The molecule has 18 heavy (non-hydrogen) atoms. The van der Waals surface area contributed by atoms with E-state index in [9.17, 15) is 0 Å². The van der Waals surface area contributed by atoms with Crippen molar-refractivity contribution >= 4 is 5.84 Å². The number of nitrogens with zero attached hydrogens (tertiary/aromatic N) is 2. The standard InChI is InChI=1S/C13H20N4O/c1-10(11-2-6-15-7-3-11)16-9-13(4-5-13)8-12(14)17-18/h2-3,6-7,10,16,18H,4-5,8-9H2,1H3,(H2,14,17)/t10-/m1/s1. The zero-order valence-corrected chi connectivity index (χ0v) is 10.6. The Morgan fingerprint density at radius 1 is 1.56 bits per heavy atom. The van der Waals surface area contributed by atoms with E-state index in [0.717, 1.165) is 19.4 Å². The third-order valence-electron chi connectivity index (χ3n) is 3.63. The summed E-state index contributed by atoms with van der Waals surface area (Å²) < 4.78 is 0. The highest BCUT2D eigenvalue weighted by molar-refractivity contribution is 5.80. The maximum atomic E-state index is 8.62. The van der Waals surface area contributed by atoms with Crippen molar-refractivity contribution in [1.82, 2.24) is 10.3 Å². The molecule has 98 valence electrons. The highest BCUT2D eigenvalue weighted by atomic mass is 16.4. The summed E-state index contributed by atoms with van der Waals surface area (Å²) in [6.45, 7) is 3.03. The van der Waals surface area contributed by atoms with Crippen LogP contribution in [0.4, 0.5) is 0 Å². The number of hydrogen-bond donors (Lipinski definition) is 3. The molecule has 1 aromatic heterocycles. The van der Waals surface area contributed by atoms with E-state index < -0.39 is 0 Å². The van der Waals surface area contributed by atoms with Crippen LogP contribution >= 0.6 is 0 Å². The molecule has 1 atom stereocenters. The first-order valence-corrected chi connectivity index (χ1v) is 6.25. The van der Waals surface area contributed by atoms with E-state index in [1.54, 1.807) is 12.4 Å². The average molecular weight is 248 g/mol. The number of nitrogens with two attached hydrogens (primary N) is 1. The summed E-state index contributed by atoms with van der Waals surface area (Å²) in [5.41, 5.74) is 7.00. The zero-order chi connectivity index (χ0) is 13.0. The summed E-state index contributed by atoms with van der Waals surface area (Å²) in [7, 11) is 0. The van der Waals surface area contributed by atoms with E-state index in [1.807, 2.05) is 12.1 Å². The molecule has 1 saturated carbocycles. The maximum Gasteiger partial charge on any atom is 0.139 e. The minimum absolute atomic E-state index is 0.192. The second kappa shape index (κ2) is 5.35. The lowest BCUT2D eigenvalue weighted by Gasteiger charge is -2.19. The van der Waals surface area contributed by atoms with Gasteiger partial charge < -0.3 is 16.3 Å². The zero-order valence-electron chi connectivity index (χ0n) is 10.6. The highest BCUT2D eigenvalue weighted by Crippen LogP contribution is 2.48. The smallest absolute Gasteiger partial charge is 0.139 e. The van der Waals surface area contributed by atoms with Crippen molar-refractivity contribution in [3.05, 3.63) is 30.1 Å². The van der Waals surface area contributed by atoms with Gasteiger partial charge in [0.2, 0.25) is 0 Å². The van der Waals surface area contributed by atoms with Gasteiger partial charge in [0.05, 0.1) is 0 Å². The Morgan fingerprint density at radius 2 is 2.22 bits per heavy atom. The molecular formula is C13H20N4O. The van der Waals surface area contributed by atoms with Crippen molar-refractivity contribution in [1.29, 1.82) is 0 Å². The van der Waals surface area contributed by atoms with Gasteiger partial charge in [-0.2, -0.15) is 0 Å². The van der Waals surface area contributed by atoms with Crippen LogP contribution in [-0.4, -0.2) is 22.6 Å². The summed E-state index contributed by atoms with van der Waals surface area (Å²) in [5, 5.41) is 15.2. The molecule has 0 amide bonds. The molecule has 0 bridgehead atoms. The largest absolute Gasteiger partial charge is 0.409 e. The summed E-state index contributed by atoms with van der Waals surface area (Å²) in [4.78, 5) is 4.01. The fourth-order valence-corrected chi connectivity index (χ4v) is 2.15. The van der Waals surface area contributed by atoms with Crippen LogP contribution in [0.2, 0.25) is 0 Å². The quantitative estimate of drug-likeness (QED) is 0.309. The Morgan fingerprint density at radius 3 is 2.78 bits per heavy atom. The number of pyridine rings is 1. The minimum atomic E-state index is 0.192. The molecule has 0 saturated heterocycles. The molecular weight excluding hydrogens is 228 g/mol. The Hall–Kier alpha value is -1.62. The van der Waals surface area contributed by atoms with Crippen LogP contribution in [0.1, 0.15) is 37.8 Å². The SMILES string of the molecule is C[C@@H](NCC1(C/C(N)=N/O)CC1)c1ccncc1. The molecule has 4 N–H and O–H groups in total. The first kappa shape index (κ1) is 12.8. The predicted octanol–water partition coefficient (Wildman–Crippen LogP) is 1.65. The van der Waals surface area contributed by atoms with Gasteiger partial charge in [0.1, 0.15) is 5.84 Å². The molecule has 0 aliphatic heterocycles. The first-order valence-electron chi connectivity index (χ1n) is 6.25. The third-order valence-corrected chi connectivity index (χ3v) is 3.63. The molecule has 0 unspecified atom stereocenters. The number of aromatic nitrogens is 1. The minimum Gasteiger partial charge on any atom is -0.409 e. The Balaban J connectivity index is 1.85. The van der Waals surface area contributed by atoms with E-state index in [0.29, 0.717) is 12.3 Å². The van der Waals surface area contributed by atoms with E-state index in [2.05, 4.69) is 22.4 Å². The van der Waals surface area contributed by atoms with E-state index in [1.165, 1.54) is 5.56 Å². The van der Waals surface area contributed by atoms with Gasteiger partial charge in [-0.15, -0.1) is 0 Å². The summed E-state index contributed by atoms with van der Waals surface area (Å²) in [6.07, 6.45) is 6.55. The molecule has 5 nitrogen and oxygen atoms in total. The second-order valence-electron chi connectivity index (χ2n) is 5.15. The number of hydrogen-bond acceptors (Lipinski definition) is 4. The summed E-state index contributed by atoms with van der Waals surface area (Å²) in [5.74, 6) is 0.325. The van der Waals surface area contributed by atoms with Gasteiger partial charge in [0.15, 0.2) is 0 Å². The van der Waals surface area contributed by atoms with Crippen molar-refractivity contribution in [2.45, 2.75) is 32.2 Å². The number of oxime groups is 1. The lowest BCUT2D eigenvalue weighted by Crippen LogP contribution is -2.30. The van der Waals surface area contributed by atoms with Crippen molar-refractivity contribution in [2.75, 3.05) is 6.54 Å². The van der Waals surface area contributed by atoms with Gasteiger partial charge in [0, 0.05) is 31.4 Å². The van der Waals surface area contributed by atoms with Crippen LogP contribution in [0, 0.1) is 5.41 Å². The van der Waals surface area contributed by atoms with Gasteiger partial charge >= 0.3 is 0 Å². The Labute approximate surface area is 107 Å². The third kappa shape index (κ3) is 3.20. The normalized spacial score (nSPS) is 19.5. The number of rotatable bonds is 6. The van der Waals surface area contributed by atoms with Gasteiger partial charge in [0.25, 0.3) is 0 Å². The average Bonchev–Trinajstić information content (AvgIpc) is 3.17. The van der Waals surface area contributed by atoms with Gasteiger partial charge in [-0.05, 0) is 42.9 Å². The fourth-order valence-electron chi connectivity index (χ4n) is 2.15. The number of nitrogens with one attached hydrogen (secondary N) is 1. The Bertz CT molecular complexity index is 414. The molecule has 0 aromatic carbocycles. The van der Waals surface area contributed by atoms with Crippen LogP contribution in [0.3, 0.4) is 0 Å². The molecule has 1 aliphatic carbocycles. The fraction of sp³-hybridized carbons (Fsp3) is 0.538. The molecule has 0 spiro atoms. The summed E-state index contributed by atoms with van der Waals surface area (Å²) >= 11 is 0. The van der Waals surface area contributed by atoms with Crippen LogP contribution in [0.5, 0.6) is 0 Å². The van der Waals surface area contributed by atoms with Gasteiger partial charge in [-0.25, -0.2) is 0 Å². The van der Waals surface area contributed by atoms with Crippen LogP contribution in [0.15, 0.2) is 29.7 Å². The molecule has 5 heteroatoms. The molecule has 0 radical (unpaired) electrons. The van der Waals surface area contributed by atoms with Crippen LogP contribution in [-0.2, 0) is 0 Å². The lowest BCUT2D eigenvalue weighted by atomic mass is 10.0. The number of amidine groups is 1. The monoisotopic (exact) mass is 248 g/mol. The lowest BCUT2D eigenvalue weighted by molar-refractivity contribution is 0.313. The predicted molar refractivity (Wildman–Crippen MR) is 70.3 cm³/mol. The van der Waals surface area contributed by atoms with E-state index >= 15 is 0 Å². The van der Waals surface area contributed by atoms with Crippen LogP contribution < -0.4 is 11.1 Å². The van der Waals surface area contributed by atoms with Crippen LogP contribution in [0.25, 0.3) is 0 Å². The molecule has 1 heterocycles. The van der Waals surface area contributed by atoms with E-state index in [4.69, 9.17) is 10.9 Å². The topological polar surface area (TPSA) is 83.5 Å². The molecule has 1 aromatic rings. The molecule has 2 rings (SSSR count). The maximum absolute atomic E-state index is 8.62. The second-order valence-corrected chi connectivity index (χ2v) is 5.15. The van der Waals surface area contributed by atoms with Crippen molar-refractivity contribution in [2.24, 2.45) is 16.3 Å². The Kier molecular flexibility index (Phi) is 3.81. The van der Waals surface area contributed by atoms with Crippen molar-refractivity contribution in [3.8, 4) is 0 Å². The van der Waals surface area contributed by atoms with Crippen molar-refractivity contribution < 1.29 is 5.21 Å². The molecule has 1 fully saturated rings.